The van der Waals surface area contributed by atoms with E-state index in [1.54, 1.807) is 36.1 Å². The minimum Gasteiger partial charge on any atom is -0.462 e. The number of hydrogen-bond donors (Lipinski definition) is 1. The number of ether oxygens (including phenoxy) is 1. The molecular weight excluding hydrogens is 330 g/mol. The van der Waals surface area contributed by atoms with Crippen LogP contribution in [0.1, 0.15) is 23.7 Å². The fourth-order valence-electron chi connectivity index (χ4n) is 2.56. The van der Waals surface area contributed by atoms with Crippen molar-refractivity contribution in [2.45, 2.75) is 18.6 Å². The van der Waals surface area contributed by atoms with E-state index in [4.69, 9.17) is 4.74 Å². The third-order valence-corrected chi connectivity index (χ3v) is 4.87. The van der Waals surface area contributed by atoms with Gasteiger partial charge in [-0.05, 0) is 19.1 Å². The lowest BCUT2D eigenvalue weighted by atomic mass is 10.1. The number of fused-ring (bicyclic) bond motifs is 1. The number of anilines is 1. The third kappa shape index (κ3) is 3.28. The summed E-state index contributed by atoms with van der Waals surface area (Å²) in [4.78, 5) is 42.3. The maximum Gasteiger partial charge on any atom is 0.340 e. The average molecular weight is 347 g/mol. The summed E-state index contributed by atoms with van der Waals surface area (Å²) in [7, 11) is 0. The number of benzene rings is 1. The molecule has 1 fully saturated rings. The van der Waals surface area contributed by atoms with Gasteiger partial charge in [0.15, 0.2) is 5.17 Å². The molecule has 1 unspecified atom stereocenters. The molecule has 1 atom stereocenters. The van der Waals surface area contributed by atoms with E-state index in [2.05, 4.69) is 10.3 Å². The summed E-state index contributed by atoms with van der Waals surface area (Å²) < 4.78 is 4.98. The first-order valence-electron chi connectivity index (χ1n) is 7.68. The quantitative estimate of drug-likeness (QED) is 0.816. The zero-order valence-electron chi connectivity index (χ0n) is 13.2. The van der Waals surface area contributed by atoms with E-state index in [1.165, 1.54) is 11.8 Å². The van der Waals surface area contributed by atoms with Gasteiger partial charge in [0.2, 0.25) is 11.8 Å². The molecule has 3 rings (SSSR count). The minimum atomic E-state index is -0.491. The third-order valence-electron chi connectivity index (χ3n) is 3.66. The van der Waals surface area contributed by atoms with Crippen molar-refractivity contribution in [2.24, 2.45) is 4.99 Å². The Morgan fingerprint density at radius 2 is 2.21 bits per heavy atom. The van der Waals surface area contributed by atoms with Gasteiger partial charge in [0.25, 0.3) is 0 Å². The molecule has 0 aromatic heterocycles. The van der Waals surface area contributed by atoms with Gasteiger partial charge in [-0.3, -0.25) is 19.5 Å². The number of aliphatic imine (C=N–C) groups is 1. The summed E-state index contributed by atoms with van der Waals surface area (Å²) in [5.74, 6) is -0.890. The molecule has 2 aliphatic rings. The maximum atomic E-state index is 12.3. The number of para-hydroxylation sites is 1. The summed E-state index contributed by atoms with van der Waals surface area (Å²) in [5, 5.41) is 2.94. The van der Waals surface area contributed by atoms with Crippen LogP contribution in [0.2, 0.25) is 0 Å². The molecule has 1 N–H and O–H groups in total. The van der Waals surface area contributed by atoms with Gasteiger partial charge in [-0.2, -0.15) is 0 Å². The Labute approximate surface area is 143 Å². The second-order valence-corrected chi connectivity index (χ2v) is 6.45. The number of thioether (sulfide) groups is 1. The van der Waals surface area contributed by atoms with Crippen LogP contribution in [-0.2, 0) is 14.3 Å². The first kappa shape index (κ1) is 16.5. The smallest absolute Gasteiger partial charge is 0.340 e. The van der Waals surface area contributed by atoms with Gasteiger partial charge in [0, 0.05) is 13.0 Å². The molecule has 0 spiro atoms. The molecule has 24 heavy (non-hydrogen) atoms. The molecule has 0 aliphatic carbocycles. The average Bonchev–Trinajstić information content (AvgIpc) is 3.12. The Bertz CT molecular complexity index is 719. The predicted octanol–water partition coefficient (Wildman–Crippen LogP) is 1.51. The minimum absolute atomic E-state index is 0.0379. The maximum absolute atomic E-state index is 12.3. The van der Waals surface area contributed by atoms with E-state index >= 15 is 0 Å². The van der Waals surface area contributed by atoms with E-state index in [1.807, 2.05) is 0 Å². The van der Waals surface area contributed by atoms with Crippen molar-refractivity contribution in [1.82, 2.24) is 4.90 Å². The lowest BCUT2D eigenvalue weighted by Gasteiger charge is -2.12. The molecule has 2 heterocycles. The molecule has 7 nitrogen and oxygen atoms in total. The highest BCUT2D eigenvalue weighted by Gasteiger charge is 2.40. The fourth-order valence-corrected chi connectivity index (χ4v) is 3.75. The molecule has 0 radical (unpaired) electrons. The van der Waals surface area contributed by atoms with Crippen LogP contribution in [0.3, 0.4) is 0 Å². The van der Waals surface area contributed by atoms with Gasteiger partial charge in [-0.15, -0.1) is 0 Å². The molecule has 8 heteroatoms. The van der Waals surface area contributed by atoms with Crippen molar-refractivity contribution < 1.29 is 19.1 Å². The SMILES string of the molecule is CCOC(=O)c1ccccc1NC(=O)CC1SC2=NCCN2C1=O. The number of carbonyl (C=O) groups is 3. The van der Waals surface area contributed by atoms with Crippen molar-refractivity contribution in [2.75, 3.05) is 25.0 Å². The number of hydrogen-bond acceptors (Lipinski definition) is 6. The van der Waals surface area contributed by atoms with E-state index in [0.717, 1.165) is 0 Å². The Balaban J connectivity index is 1.66. The summed E-state index contributed by atoms with van der Waals surface area (Å²) >= 11 is 1.32. The molecule has 2 amide bonds. The second kappa shape index (κ2) is 7.04. The lowest BCUT2D eigenvalue weighted by Crippen LogP contribution is -2.32. The van der Waals surface area contributed by atoms with Gasteiger partial charge in [0.1, 0.15) is 5.25 Å². The van der Waals surface area contributed by atoms with Gasteiger partial charge in [0.05, 0.1) is 24.4 Å². The van der Waals surface area contributed by atoms with Crippen LogP contribution >= 0.6 is 11.8 Å². The molecule has 0 bridgehead atoms. The van der Waals surface area contributed by atoms with Crippen LogP contribution in [0.4, 0.5) is 5.69 Å². The highest BCUT2D eigenvalue weighted by Crippen LogP contribution is 2.31. The summed E-state index contributed by atoms with van der Waals surface area (Å²) in [6.07, 6.45) is 0.0379. The molecular formula is C16H17N3O4S. The number of nitrogens with one attached hydrogen (secondary N) is 1. The first-order valence-corrected chi connectivity index (χ1v) is 8.56. The summed E-state index contributed by atoms with van der Waals surface area (Å²) in [6.45, 7) is 3.19. The van der Waals surface area contributed by atoms with Crippen molar-refractivity contribution in [3.8, 4) is 0 Å². The van der Waals surface area contributed by atoms with Crippen LogP contribution in [-0.4, -0.2) is 52.8 Å². The van der Waals surface area contributed by atoms with Crippen molar-refractivity contribution >= 4 is 40.4 Å². The van der Waals surface area contributed by atoms with Crippen molar-refractivity contribution in [3.05, 3.63) is 29.8 Å². The summed E-state index contributed by atoms with van der Waals surface area (Å²) in [6, 6.07) is 6.65. The van der Waals surface area contributed by atoms with E-state index in [9.17, 15) is 14.4 Å². The fraction of sp³-hybridized carbons (Fsp3) is 0.375. The standard InChI is InChI=1S/C16H17N3O4S/c1-2-23-15(22)10-5-3-4-6-11(10)18-13(20)9-12-14(21)19-8-7-17-16(19)24-12/h3-6,12H,2,7-9H2,1H3,(H,18,20). The number of amides is 2. The number of rotatable bonds is 5. The Morgan fingerprint density at radius 3 is 2.96 bits per heavy atom. The molecule has 2 aliphatic heterocycles. The van der Waals surface area contributed by atoms with Crippen LogP contribution in [0.15, 0.2) is 29.3 Å². The Kier molecular flexibility index (Phi) is 4.84. The zero-order valence-corrected chi connectivity index (χ0v) is 14.0. The predicted molar refractivity (Wildman–Crippen MR) is 91.0 cm³/mol. The number of nitrogens with zero attached hydrogens (tertiary/aromatic N) is 2. The first-order chi connectivity index (χ1) is 11.6. The number of esters is 1. The van der Waals surface area contributed by atoms with Crippen LogP contribution in [0, 0.1) is 0 Å². The number of amidine groups is 1. The molecule has 0 saturated carbocycles. The van der Waals surface area contributed by atoms with Gasteiger partial charge in [-0.25, -0.2) is 4.79 Å². The molecule has 1 saturated heterocycles. The highest BCUT2D eigenvalue weighted by molar-refractivity contribution is 8.15. The largest absolute Gasteiger partial charge is 0.462 e. The van der Waals surface area contributed by atoms with Gasteiger partial charge >= 0.3 is 5.97 Å². The van der Waals surface area contributed by atoms with Crippen LogP contribution in [0.25, 0.3) is 0 Å². The monoisotopic (exact) mass is 347 g/mol. The molecule has 1 aromatic carbocycles. The number of carbonyl (C=O) groups excluding carboxylic acids is 3. The van der Waals surface area contributed by atoms with Crippen LogP contribution < -0.4 is 5.32 Å². The van der Waals surface area contributed by atoms with Crippen molar-refractivity contribution in [1.29, 1.82) is 0 Å². The normalized spacial score (nSPS) is 19.0. The Morgan fingerprint density at radius 1 is 1.42 bits per heavy atom. The van der Waals surface area contributed by atoms with Gasteiger partial charge in [-0.1, -0.05) is 23.9 Å². The van der Waals surface area contributed by atoms with E-state index < -0.39 is 11.2 Å². The highest BCUT2D eigenvalue weighted by atomic mass is 32.2. The molecule has 1 aromatic rings. The topological polar surface area (TPSA) is 88.1 Å². The lowest BCUT2D eigenvalue weighted by molar-refractivity contribution is -0.127. The van der Waals surface area contributed by atoms with Crippen molar-refractivity contribution in [3.63, 3.8) is 0 Å². The van der Waals surface area contributed by atoms with E-state index in [-0.39, 0.29) is 24.8 Å². The molecule has 126 valence electrons. The van der Waals surface area contributed by atoms with Crippen LogP contribution in [0.5, 0.6) is 0 Å². The van der Waals surface area contributed by atoms with Gasteiger partial charge < -0.3 is 10.1 Å². The summed E-state index contributed by atoms with van der Waals surface area (Å²) in [5.41, 5.74) is 0.678. The Hall–Kier alpha value is -2.35. The van der Waals surface area contributed by atoms with E-state index in [0.29, 0.717) is 29.5 Å². The second-order valence-electron chi connectivity index (χ2n) is 5.28. The zero-order chi connectivity index (χ0) is 17.1.